The minimum Gasteiger partial charge on any atom is -0.549 e. The van der Waals surface area contributed by atoms with Crippen LogP contribution >= 0.6 is 0 Å². The first-order valence-corrected chi connectivity index (χ1v) is 13.7. The molecule has 33 heavy (non-hydrogen) atoms. The topological polar surface area (TPSA) is 55.8 Å². The molecule has 2 atom stereocenters. The highest BCUT2D eigenvalue weighted by molar-refractivity contribution is 6.74. The molecule has 1 fully saturated rings. The van der Waals surface area contributed by atoms with Crippen molar-refractivity contribution in [2.45, 2.75) is 64.0 Å². The van der Waals surface area contributed by atoms with E-state index in [1.54, 1.807) is 0 Å². The van der Waals surface area contributed by atoms with Gasteiger partial charge in [-0.1, -0.05) is 57.2 Å². The second-order valence-electron chi connectivity index (χ2n) is 9.62. The molecule has 0 bridgehead atoms. The first kappa shape index (κ1) is 26.7. The average molecular weight is 484 g/mol. The van der Waals surface area contributed by atoms with Crippen molar-refractivity contribution in [3.8, 4) is 0 Å². The maximum Gasteiger partial charge on any atom is 0.417 e. The van der Waals surface area contributed by atoms with Crippen LogP contribution in [0.25, 0.3) is 0 Å². The largest absolute Gasteiger partial charge is 0.549 e. The second kappa shape index (κ2) is 10.6. The number of hydrogen-bond donors (Lipinski definition) is 0. The molecule has 0 N–H and O–H groups in total. The Morgan fingerprint density at radius 3 is 2.45 bits per heavy atom. The lowest BCUT2D eigenvalue weighted by atomic mass is 10.0. The smallest absolute Gasteiger partial charge is 0.417 e. The molecule has 2 rings (SSSR count). The normalized spacial score (nSPS) is 18.7. The maximum atomic E-state index is 13.5. The summed E-state index contributed by atoms with van der Waals surface area (Å²) in [5.74, 6) is -2.50. The lowest BCUT2D eigenvalue weighted by Gasteiger charge is -2.35. The van der Waals surface area contributed by atoms with Crippen LogP contribution in [-0.2, 0) is 20.4 Å². The molecule has 0 aromatic heterocycles. The van der Waals surface area contributed by atoms with Gasteiger partial charge in [0, 0.05) is 0 Å². The van der Waals surface area contributed by atoms with E-state index in [1.807, 2.05) is 64.2 Å². The lowest BCUT2D eigenvalue weighted by Crippen LogP contribution is -2.39. The summed E-state index contributed by atoms with van der Waals surface area (Å²) in [6.07, 6.45) is -1.06. The van der Waals surface area contributed by atoms with Crippen molar-refractivity contribution in [1.82, 2.24) is 4.90 Å². The maximum absolute atomic E-state index is 13.5. The Hall–Kier alpha value is -2.55. The molecule has 0 saturated carbocycles. The van der Waals surface area contributed by atoms with Crippen LogP contribution in [0.1, 0.15) is 32.8 Å². The highest BCUT2D eigenvalue weighted by Gasteiger charge is 2.40. The summed E-state index contributed by atoms with van der Waals surface area (Å²) in [5.41, 5.74) is 0.923. The van der Waals surface area contributed by atoms with Gasteiger partial charge in [-0.2, -0.15) is 13.2 Å². The summed E-state index contributed by atoms with van der Waals surface area (Å²) < 4.78 is 51.1. The number of ether oxygens (including phenoxy) is 1. The van der Waals surface area contributed by atoms with Gasteiger partial charge in [0.15, 0.2) is 0 Å². The van der Waals surface area contributed by atoms with Crippen LogP contribution < -0.4 is 0 Å². The number of imide groups is 1. The summed E-state index contributed by atoms with van der Waals surface area (Å²) in [6.45, 7) is 9.93. The van der Waals surface area contributed by atoms with Crippen LogP contribution in [0.3, 0.4) is 0 Å². The zero-order valence-electron chi connectivity index (χ0n) is 19.7. The molecule has 1 aromatic carbocycles. The molecular weight excluding hydrogens is 451 g/mol. The monoisotopic (exact) mass is 483 g/mol. The van der Waals surface area contributed by atoms with Gasteiger partial charge in [-0.05, 0) is 48.7 Å². The van der Waals surface area contributed by atoms with E-state index in [0.717, 1.165) is 35.0 Å². The third kappa shape index (κ3) is 7.48. The zero-order valence-corrected chi connectivity index (χ0v) is 20.7. The summed E-state index contributed by atoms with van der Waals surface area (Å²) in [5, 5.41) is -0.141. The predicted octanol–water partition coefficient (Wildman–Crippen LogP) is 6.24. The van der Waals surface area contributed by atoms with Crippen LogP contribution in [0.15, 0.2) is 54.8 Å². The van der Waals surface area contributed by atoms with Gasteiger partial charge in [-0.25, -0.2) is 9.69 Å². The van der Waals surface area contributed by atoms with Gasteiger partial charge in [-0.3, -0.25) is 4.79 Å². The van der Waals surface area contributed by atoms with Crippen molar-refractivity contribution >= 4 is 20.3 Å². The molecule has 0 aliphatic carbocycles. The number of allylic oxidation sites excluding steroid dienone is 2. The van der Waals surface area contributed by atoms with Crippen LogP contribution in [0.2, 0.25) is 18.1 Å². The standard InChI is InChI=1S/C24H32F3NO4Si/c1-23(2,3)33(4,5)32-15-14-19(24(25,26)27)12-9-13-21(29)28-20(17-31-22(28)30)16-18-10-7-6-8-11-18/h6-11,13-15,19-20H,12,16-17H2,1-5H3/b13-9+,15-14-/t19-,20-/m0/s1. The predicted molar refractivity (Wildman–Crippen MR) is 123 cm³/mol. The number of rotatable bonds is 8. The van der Waals surface area contributed by atoms with E-state index >= 15 is 0 Å². The summed E-state index contributed by atoms with van der Waals surface area (Å²) in [7, 11) is -2.23. The van der Waals surface area contributed by atoms with Gasteiger partial charge in [-0.15, -0.1) is 0 Å². The summed E-state index contributed by atoms with van der Waals surface area (Å²) in [4.78, 5) is 25.6. The number of carbonyl (C=O) groups is 2. The summed E-state index contributed by atoms with van der Waals surface area (Å²) in [6, 6.07) is 8.78. The highest BCUT2D eigenvalue weighted by Crippen LogP contribution is 2.37. The number of halogens is 3. The number of cyclic esters (lactones) is 1. The van der Waals surface area contributed by atoms with Crippen molar-refractivity contribution in [2.75, 3.05) is 6.61 Å². The fraction of sp³-hybridized carbons (Fsp3) is 0.500. The first-order valence-electron chi connectivity index (χ1n) is 10.8. The van der Waals surface area contributed by atoms with Crippen LogP contribution in [0.5, 0.6) is 0 Å². The minimum absolute atomic E-state index is 0.0476. The fourth-order valence-corrected chi connectivity index (χ4v) is 3.74. The van der Waals surface area contributed by atoms with E-state index in [-0.39, 0.29) is 11.6 Å². The van der Waals surface area contributed by atoms with Crippen LogP contribution in [0.4, 0.5) is 18.0 Å². The van der Waals surface area contributed by atoms with Crippen molar-refractivity contribution in [3.63, 3.8) is 0 Å². The number of amides is 2. The third-order valence-electron chi connectivity index (χ3n) is 6.06. The van der Waals surface area contributed by atoms with Crippen molar-refractivity contribution in [3.05, 3.63) is 60.4 Å². The molecule has 0 spiro atoms. The second-order valence-corrected chi connectivity index (χ2v) is 14.4. The molecule has 182 valence electrons. The Morgan fingerprint density at radius 2 is 1.88 bits per heavy atom. The fourth-order valence-electron chi connectivity index (χ4n) is 2.97. The van der Waals surface area contributed by atoms with Crippen molar-refractivity contribution in [2.24, 2.45) is 5.92 Å². The highest BCUT2D eigenvalue weighted by atomic mass is 28.4. The molecule has 2 amide bonds. The molecule has 0 unspecified atom stereocenters. The Labute approximate surface area is 194 Å². The van der Waals surface area contributed by atoms with Gasteiger partial charge in [0.25, 0.3) is 5.91 Å². The Kier molecular flexibility index (Phi) is 8.56. The van der Waals surface area contributed by atoms with E-state index in [4.69, 9.17) is 9.16 Å². The quantitative estimate of drug-likeness (QED) is 0.250. The molecule has 5 nitrogen and oxygen atoms in total. The molecule has 1 saturated heterocycles. The average Bonchev–Trinajstić information content (AvgIpc) is 3.05. The van der Waals surface area contributed by atoms with Crippen molar-refractivity contribution in [1.29, 1.82) is 0 Å². The number of nitrogens with zero attached hydrogens (tertiary/aromatic N) is 1. The molecule has 1 aromatic rings. The number of alkyl halides is 3. The van der Waals surface area contributed by atoms with E-state index in [1.165, 1.54) is 0 Å². The molecular formula is C24H32F3NO4Si. The van der Waals surface area contributed by atoms with Gasteiger partial charge in [0.2, 0.25) is 8.32 Å². The number of benzene rings is 1. The molecule has 1 aliphatic rings. The van der Waals surface area contributed by atoms with E-state index < -0.39 is 44.9 Å². The Morgan fingerprint density at radius 1 is 1.24 bits per heavy atom. The Balaban J connectivity index is 2.03. The van der Waals surface area contributed by atoms with Gasteiger partial charge >= 0.3 is 12.3 Å². The van der Waals surface area contributed by atoms with E-state index in [0.29, 0.717) is 6.42 Å². The molecule has 0 radical (unpaired) electrons. The summed E-state index contributed by atoms with van der Waals surface area (Å²) >= 11 is 0. The minimum atomic E-state index is -4.50. The van der Waals surface area contributed by atoms with E-state index in [9.17, 15) is 22.8 Å². The number of hydrogen-bond acceptors (Lipinski definition) is 4. The van der Waals surface area contributed by atoms with Gasteiger partial charge in [0.1, 0.15) is 6.61 Å². The van der Waals surface area contributed by atoms with Crippen molar-refractivity contribution < 1.29 is 31.9 Å². The zero-order chi connectivity index (χ0) is 24.9. The van der Waals surface area contributed by atoms with Gasteiger partial charge in [0.05, 0.1) is 18.2 Å². The Bertz CT molecular complexity index is 876. The lowest BCUT2D eigenvalue weighted by molar-refractivity contribution is -0.160. The first-order chi connectivity index (χ1) is 15.2. The molecule has 1 heterocycles. The SMILES string of the molecule is CC(C)(C)[Si](C)(C)O/C=C\[C@H](C/C=C/C(=O)N1C(=O)OC[C@@H]1Cc1ccccc1)C(F)(F)F. The molecule has 9 heteroatoms. The third-order valence-corrected chi connectivity index (χ3v) is 10.4. The van der Waals surface area contributed by atoms with Crippen LogP contribution in [0, 0.1) is 5.92 Å². The van der Waals surface area contributed by atoms with Gasteiger partial charge < -0.3 is 9.16 Å². The van der Waals surface area contributed by atoms with E-state index in [2.05, 4.69) is 0 Å². The molecule has 1 aliphatic heterocycles. The number of carbonyl (C=O) groups excluding carboxylic acids is 2. The van der Waals surface area contributed by atoms with Crippen LogP contribution in [-0.4, -0.2) is 44.0 Å².